The number of ether oxygens (including phenoxy) is 2. The lowest BCUT2D eigenvalue weighted by molar-refractivity contribution is 0.199. The van der Waals surface area contributed by atoms with Crippen molar-refractivity contribution >= 4 is 25.8 Å². The van der Waals surface area contributed by atoms with Crippen LogP contribution in [0.25, 0.3) is 0 Å². The smallest absolute Gasteiger partial charge is 0.154 e. The van der Waals surface area contributed by atoms with Crippen molar-refractivity contribution in [2.24, 2.45) is 0 Å². The molecule has 5 nitrogen and oxygen atoms in total. The standard InChI is InChI=1S/C14H20BrNO4S/c1-19-6-5-16-9-11-8-12(2-3-14(11)15)20-13-4-7-21(17,18)10-13/h2-3,8,13,16H,4-7,9-10H2,1H3. The fourth-order valence-corrected chi connectivity index (χ4v) is 4.18. The van der Waals surface area contributed by atoms with E-state index in [1.807, 2.05) is 18.2 Å². The lowest BCUT2D eigenvalue weighted by atomic mass is 10.2. The van der Waals surface area contributed by atoms with Crippen molar-refractivity contribution in [1.29, 1.82) is 0 Å². The number of hydrogen-bond donors (Lipinski definition) is 1. The molecule has 1 N–H and O–H groups in total. The molecule has 0 spiro atoms. The predicted molar refractivity (Wildman–Crippen MR) is 85.4 cm³/mol. The Kier molecular flexibility index (Phi) is 6.04. The summed E-state index contributed by atoms with van der Waals surface area (Å²) >= 11 is 3.51. The van der Waals surface area contributed by atoms with Gasteiger partial charge in [-0.25, -0.2) is 8.42 Å². The summed E-state index contributed by atoms with van der Waals surface area (Å²) in [5.74, 6) is 1.05. The van der Waals surface area contributed by atoms with Crippen LogP contribution in [0.15, 0.2) is 22.7 Å². The molecule has 118 valence electrons. The van der Waals surface area contributed by atoms with Gasteiger partial charge in [0.05, 0.1) is 18.1 Å². The Bertz CT molecular complexity index is 576. The van der Waals surface area contributed by atoms with E-state index in [0.717, 1.165) is 16.6 Å². The molecule has 7 heteroatoms. The molecular formula is C14H20BrNO4S. The zero-order valence-corrected chi connectivity index (χ0v) is 14.4. The zero-order valence-electron chi connectivity index (χ0n) is 12.0. The van der Waals surface area contributed by atoms with Crippen LogP contribution >= 0.6 is 15.9 Å². The van der Waals surface area contributed by atoms with Gasteiger partial charge < -0.3 is 14.8 Å². The summed E-state index contributed by atoms with van der Waals surface area (Å²) < 4.78 is 34.7. The van der Waals surface area contributed by atoms with Gasteiger partial charge in [-0.1, -0.05) is 15.9 Å². The Morgan fingerprint density at radius 3 is 2.90 bits per heavy atom. The van der Waals surface area contributed by atoms with E-state index in [4.69, 9.17) is 9.47 Å². The minimum atomic E-state index is -2.91. The van der Waals surface area contributed by atoms with Gasteiger partial charge in [0.25, 0.3) is 0 Å². The molecular weight excluding hydrogens is 358 g/mol. The van der Waals surface area contributed by atoms with Gasteiger partial charge in [0.2, 0.25) is 0 Å². The van der Waals surface area contributed by atoms with Crippen LogP contribution in [-0.4, -0.2) is 46.3 Å². The van der Waals surface area contributed by atoms with Crippen molar-refractivity contribution in [2.75, 3.05) is 31.8 Å². The van der Waals surface area contributed by atoms with Gasteiger partial charge >= 0.3 is 0 Å². The normalized spacial score (nSPS) is 20.6. The van der Waals surface area contributed by atoms with Crippen LogP contribution in [0, 0.1) is 0 Å². The molecule has 0 aromatic heterocycles. The molecule has 1 aromatic rings. The highest BCUT2D eigenvalue weighted by Crippen LogP contribution is 2.25. The summed E-state index contributed by atoms with van der Waals surface area (Å²) in [6.45, 7) is 2.13. The van der Waals surface area contributed by atoms with Gasteiger partial charge in [-0.15, -0.1) is 0 Å². The van der Waals surface area contributed by atoms with E-state index >= 15 is 0 Å². The molecule has 0 bridgehead atoms. The Labute approximate surface area is 134 Å². The highest BCUT2D eigenvalue weighted by molar-refractivity contribution is 9.10. The lowest BCUT2D eigenvalue weighted by Crippen LogP contribution is -2.20. The first kappa shape index (κ1) is 16.7. The number of halogens is 1. The molecule has 0 radical (unpaired) electrons. The summed E-state index contributed by atoms with van der Waals surface area (Å²) in [5.41, 5.74) is 1.07. The SMILES string of the molecule is COCCNCc1cc(OC2CCS(=O)(=O)C2)ccc1Br. The zero-order chi connectivity index (χ0) is 15.3. The maximum atomic E-state index is 11.4. The first-order chi connectivity index (χ1) is 10.00. The molecule has 1 atom stereocenters. The van der Waals surface area contributed by atoms with Crippen LogP contribution in [0.2, 0.25) is 0 Å². The number of hydrogen-bond acceptors (Lipinski definition) is 5. The molecule has 2 rings (SSSR count). The van der Waals surface area contributed by atoms with Crippen LogP contribution in [0.1, 0.15) is 12.0 Å². The van der Waals surface area contributed by atoms with Gasteiger partial charge in [-0.05, 0) is 30.2 Å². The first-order valence-electron chi connectivity index (χ1n) is 6.85. The second kappa shape index (κ2) is 7.58. The van der Waals surface area contributed by atoms with Crippen molar-refractivity contribution < 1.29 is 17.9 Å². The van der Waals surface area contributed by atoms with Crippen LogP contribution in [0.4, 0.5) is 0 Å². The highest BCUT2D eigenvalue weighted by Gasteiger charge is 2.29. The molecule has 0 saturated carbocycles. The van der Waals surface area contributed by atoms with Crippen molar-refractivity contribution in [3.05, 3.63) is 28.2 Å². The van der Waals surface area contributed by atoms with Gasteiger partial charge in [0.1, 0.15) is 11.9 Å². The third-order valence-electron chi connectivity index (χ3n) is 3.31. The number of rotatable bonds is 7. The van der Waals surface area contributed by atoms with Crippen molar-refractivity contribution in [2.45, 2.75) is 19.1 Å². The van der Waals surface area contributed by atoms with Crippen LogP contribution < -0.4 is 10.1 Å². The number of benzene rings is 1. The molecule has 21 heavy (non-hydrogen) atoms. The Morgan fingerprint density at radius 1 is 1.43 bits per heavy atom. The largest absolute Gasteiger partial charge is 0.489 e. The second-order valence-corrected chi connectivity index (χ2v) is 8.15. The average Bonchev–Trinajstić information content (AvgIpc) is 2.77. The Balaban J connectivity index is 1.95. The summed E-state index contributed by atoms with van der Waals surface area (Å²) in [6, 6.07) is 5.72. The molecule has 1 aliphatic rings. The van der Waals surface area contributed by atoms with E-state index in [1.54, 1.807) is 7.11 Å². The van der Waals surface area contributed by atoms with E-state index in [0.29, 0.717) is 25.3 Å². The van der Waals surface area contributed by atoms with Gasteiger partial charge in [-0.3, -0.25) is 0 Å². The maximum absolute atomic E-state index is 11.4. The molecule has 0 amide bonds. The van der Waals surface area contributed by atoms with Crippen LogP contribution in [-0.2, 0) is 21.1 Å². The number of methoxy groups -OCH3 is 1. The maximum Gasteiger partial charge on any atom is 0.154 e. The third kappa shape index (κ3) is 5.25. The van der Waals surface area contributed by atoms with Crippen molar-refractivity contribution in [3.63, 3.8) is 0 Å². The van der Waals surface area contributed by atoms with Crippen molar-refractivity contribution in [3.8, 4) is 5.75 Å². The monoisotopic (exact) mass is 377 g/mol. The average molecular weight is 378 g/mol. The van der Waals surface area contributed by atoms with Gasteiger partial charge in [-0.2, -0.15) is 0 Å². The number of nitrogens with one attached hydrogen (secondary N) is 1. The molecule has 1 heterocycles. The van der Waals surface area contributed by atoms with E-state index in [-0.39, 0.29) is 17.6 Å². The van der Waals surface area contributed by atoms with E-state index < -0.39 is 9.84 Å². The topological polar surface area (TPSA) is 64.6 Å². The van der Waals surface area contributed by atoms with Gasteiger partial charge in [0, 0.05) is 24.7 Å². The quantitative estimate of drug-likeness (QED) is 0.733. The molecule has 1 aliphatic heterocycles. The minimum Gasteiger partial charge on any atom is -0.489 e. The fourth-order valence-electron chi connectivity index (χ4n) is 2.20. The van der Waals surface area contributed by atoms with E-state index in [1.165, 1.54) is 0 Å². The summed E-state index contributed by atoms with van der Waals surface area (Å²) in [7, 11) is -1.25. The number of sulfone groups is 1. The highest BCUT2D eigenvalue weighted by atomic mass is 79.9. The Morgan fingerprint density at radius 2 is 2.24 bits per heavy atom. The first-order valence-corrected chi connectivity index (χ1v) is 9.47. The molecule has 1 saturated heterocycles. The third-order valence-corrected chi connectivity index (χ3v) is 5.82. The lowest BCUT2D eigenvalue weighted by Gasteiger charge is -2.14. The van der Waals surface area contributed by atoms with E-state index in [9.17, 15) is 8.42 Å². The van der Waals surface area contributed by atoms with E-state index in [2.05, 4.69) is 21.2 Å². The van der Waals surface area contributed by atoms with Crippen molar-refractivity contribution in [1.82, 2.24) is 5.32 Å². The van der Waals surface area contributed by atoms with Crippen LogP contribution in [0.3, 0.4) is 0 Å². The summed E-state index contributed by atoms with van der Waals surface area (Å²) in [4.78, 5) is 0. The fraction of sp³-hybridized carbons (Fsp3) is 0.571. The molecule has 0 aliphatic carbocycles. The molecule has 1 fully saturated rings. The van der Waals surface area contributed by atoms with Crippen LogP contribution in [0.5, 0.6) is 5.75 Å². The van der Waals surface area contributed by atoms with Gasteiger partial charge in [0.15, 0.2) is 9.84 Å². The summed E-state index contributed by atoms with van der Waals surface area (Å²) in [6.07, 6.45) is 0.338. The predicted octanol–water partition coefficient (Wildman–Crippen LogP) is 1.75. The Hall–Kier alpha value is -0.630. The molecule has 1 unspecified atom stereocenters. The minimum absolute atomic E-state index is 0.116. The molecule has 1 aromatic carbocycles. The second-order valence-electron chi connectivity index (χ2n) is 5.07. The summed E-state index contributed by atoms with van der Waals surface area (Å²) in [5, 5.41) is 3.27.